The summed E-state index contributed by atoms with van der Waals surface area (Å²) >= 11 is 0. The minimum atomic E-state index is 0.129. The minimum Gasteiger partial charge on any atom is -0.372 e. The van der Waals surface area contributed by atoms with Gasteiger partial charge in [-0.3, -0.25) is 9.48 Å². The number of nitrogens with zero attached hydrogens (tertiary/aromatic N) is 3. The van der Waals surface area contributed by atoms with E-state index in [9.17, 15) is 4.79 Å². The molecule has 5 heteroatoms. The Bertz CT molecular complexity index is 500. The van der Waals surface area contributed by atoms with Gasteiger partial charge in [-0.05, 0) is 46.6 Å². The number of aryl methyl sites for hydroxylation is 2. The van der Waals surface area contributed by atoms with Crippen LogP contribution in [-0.2, 0) is 22.5 Å². The van der Waals surface area contributed by atoms with Crippen LogP contribution in [0.25, 0.3) is 0 Å². The molecule has 1 amide bonds. The molecule has 21 heavy (non-hydrogen) atoms. The first-order chi connectivity index (χ1) is 9.92. The summed E-state index contributed by atoms with van der Waals surface area (Å²) in [6.07, 6.45) is 1.58. The lowest BCUT2D eigenvalue weighted by atomic mass is 10.1. The van der Waals surface area contributed by atoms with E-state index in [1.54, 1.807) is 0 Å². The van der Waals surface area contributed by atoms with Crippen molar-refractivity contribution in [3.8, 4) is 0 Å². The van der Waals surface area contributed by atoms with E-state index in [0.29, 0.717) is 19.5 Å². The van der Waals surface area contributed by atoms with E-state index in [1.165, 1.54) is 11.3 Å². The summed E-state index contributed by atoms with van der Waals surface area (Å²) in [7, 11) is 0. The average molecular weight is 293 g/mol. The van der Waals surface area contributed by atoms with Crippen LogP contribution in [0.5, 0.6) is 0 Å². The van der Waals surface area contributed by atoms with Crippen molar-refractivity contribution in [1.82, 2.24) is 14.7 Å². The number of aromatic nitrogens is 2. The van der Waals surface area contributed by atoms with Gasteiger partial charge in [-0.25, -0.2) is 0 Å². The molecule has 0 aromatic carbocycles. The van der Waals surface area contributed by atoms with Crippen LogP contribution in [-0.4, -0.2) is 45.9 Å². The average Bonchev–Trinajstić information content (AvgIpc) is 2.69. The van der Waals surface area contributed by atoms with Crippen molar-refractivity contribution in [2.24, 2.45) is 0 Å². The maximum absolute atomic E-state index is 12.4. The highest BCUT2D eigenvalue weighted by Gasteiger charge is 2.25. The van der Waals surface area contributed by atoms with Crippen molar-refractivity contribution in [2.75, 3.05) is 13.1 Å². The van der Waals surface area contributed by atoms with Crippen LogP contribution in [0.4, 0.5) is 0 Å². The lowest BCUT2D eigenvalue weighted by molar-refractivity contribution is -0.143. The molecule has 1 aromatic heterocycles. The Balaban J connectivity index is 1.96. The number of hydrogen-bond donors (Lipinski definition) is 0. The molecule has 5 nitrogen and oxygen atoms in total. The Hall–Kier alpha value is -1.36. The van der Waals surface area contributed by atoms with Crippen molar-refractivity contribution < 1.29 is 9.53 Å². The van der Waals surface area contributed by atoms with Gasteiger partial charge >= 0.3 is 0 Å². The highest BCUT2D eigenvalue weighted by molar-refractivity contribution is 5.76. The predicted octanol–water partition coefficient (Wildman–Crippen LogP) is 2.09. The lowest BCUT2D eigenvalue weighted by Crippen LogP contribution is -2.48. The second-order valence-corrected chi connectivity index (χ2v) is 6.02. The second-order valence-electron chi connectivity index (χ2n) is 6.02. The summed E-state index contributed by atoms with van der Waals surface area (Å²) in [4.78, 5) is 14.3. The molecule has 2 rings (SSSR count). The molecule has 1 aliphatic rings. The third kappa shape index (κ3) is 3.64. The van der Waals surface area contributed by atoms with Crippen LogP contribution in [0.1, 0.15) is 44.1 Å². The monoisotopic (exact) mass is 293 g/mol. The quantitative estimate of drug-likeness (QED) is 0.854. The smallest absolute Gasteiger partial charge is 0.223 e. The van der Waals surface area contributed by atoms with Gasteiger partial charge in [0, 0.05) is 31.7 Å². The van der Waals surface area contributed by atoms with Gasteiger partial charge in [0.15, 0.2) is 0 Å². The summed E-state index contributed by atoms with van der Waals surface area (Å²) in [5, 5.41) is 4.51. The SMILES string of the molecule is CCn1nc(C)c(CCC(=O)N2C[C@H](C)O[C@@H](C)C2)c1C. The van der Waals surface area contributed by atoms with Gasteiger partial charge in [-0.1, -0.05) is 0 Å². The van der Waals surface area contributed by atoms with E-state index in [-0.39, 0.29) is 18.1 Å². The molecule has 0 bridgehead atoms. The molecule has 1 saturated heterocycles. The third-order valence-electron chi connectivity index (χ3n) is 4.19. The van der Waals surface area contributed by atoms with Gasteiger partial charge in [-0.2, -0.15) is 5.10 Å². The molecule has 0 spiro atoms. The summed E-state index contributed by atoms with van der Waals surface area (Å²) < 4.78 is 7.69. The molecule has 0 saturated carbocycles. The molecule has 2 heterocycles. The first kappa shape index (κ1) is 16.0. The number of carbonyl (C=O) groups is 1. The Morgan fingerprint density at radius 2 is 1.90 bits per heavy atom. The van der Waals surface area contributed by atoms with Crippen molar-refractivity contribution in [3.63, 3.8) is 0 Å². The summed E-state index contributed by atoms with van der Waals surface area (Å²) in [6.45, 7) is 12.5. The highest BCUT2D eigenvalue weighted by Crippen LogP contribution is 2.17. The predicted molar refractivity (Wildman–Crippen MR) is 82.3 cm³/mol. The Labute approximate surface area is 127 Å². The van der Waals surface area contributed by atoms with E-state index in [4.69, 9.17) is 4.74 Å². The van der Waals surface area contributed by atoms with Crippen LogP contribution < -0.4 is 0 Å². The lowest BCUT2D eigenvalue weighted by Gasteiger charge is -2.35. The van der Waals surface area contributed by atoms with Gasteiger partial charge in [0.25, 0.3) is 0 Å². The van der Waals surface area contributed by atoms with Gasteiger partial charge in [-0.15, -0.1) is 0 Å². The van der Waals surface area contributed by atoms with E-state index in [1.807, 2.05) is 30.4 Å². The molecule has 0 unspecified atom stereocenters. The zero-order valence-electron chi connectivity index (χ0n) is 13.8. The fourth-order valence-electron chi connectivity index (χ4n) is 3.18. The minimum absolute atomic E-state index is 0.129. The molecule has 1 fully saturated rings. The maximum Gasteiger partial charge on any atom is 0.223 e. The highest BCUT2D eigenvalue weighted by atomic mass is 16.5. The first-order valence-corrected chi connectivity index (χ1v) is 7.88. The van der Waals surface area contributed by atoms with Gasteiger partial charge in [0.05, 0.1) is 17.9 Å². The zero-order valence-corrected chi connectivity index (χ0v) is 13.8. The standard InChI is InChI=1S/C16H27N3O2/c1-6-19-14(5)15(13(4)17-19)7-8-16(20)18-9-11(2)21-12(3)10-18/h11-12H,6-10H2,1-5H3/t11-,12-/m0/s1. The number of rotatable bonds is 4. The molecule has 0 N–H and O–H groups in total. The van der Waals surface area contributed by atoms with Crippen molar-refractivity contribution in [2.45, 2.75) is 66.2 Å². The Morgan fingerprint density at radius 1 is 1.29 bits per heavy atom. The van der Waals surface area contributed by atoms with Crippen LogP contribution in [0.15, 0.2) is 0 Å². The zero-order chi connectivity index (χ0) is 15.6. The number of carbonyl (C=O) groups excluding carboxylic acids is 1. The molecular weight excluding hydrogens is 266 g/mol. The molecule has 1 aromatic rings. The van der Waals surface area contributed by atoms with E-state index in [2.05, 4.69) is 18.9 Å². The van der Waals surface area contributed by atoms with Crippen molar-refractivity contribution in [3.05, 3.63) is 17.0 Å². The third-order valence-corrected chi connectivity index (χ3v) is 4.19. The van der Waals surface area contributed by atoms with Gasteiger partial charge < -0.3 is 9.64 Å². The van der Waals surface area contributed by atoms with E-state index in [0.717, 1.165) is 18.7 Å². The molecule has 0 aliphatic carbocycles. The maximum atomic E-state index is 12.4. The Kier molecular flexibility index (Phi) is 5.04. The van der Waals surface area contributed by atoms with Crippen molar-refractivity contribution >= 4 is 5.91 Å². The van der Waals surface area contributed by atoms with E-state index < -0.39 is 0 Å². The fourth-order valence-corrected chi connectivity index (χ4v) is 3.18. The molecule has 2 atom stereocenters. The van der Waals surface area contributed by atoms with Crippen LogP contribution in [0.3, 0.4) is 0 Å². The van der Waals surface area contributed by atoms with Gasteiger partial charge in [0.2, 0.25) is 5.91 Å². The fraction of sp³-hybridized carbons (Fsp3) is 0.750. The number of morpholine rings is 1. The molecule has 118 valence electrons. The normalized spacial score (nSPS) is 22.6. The van der Waals surface area contributed by atoms with Crippen molar-refractivity contribution in [1.29, 1.82) is 0 Å². The second kappa shape index (κ2) is 6.60. The Morgan fingerprint density at radius 3 is 2.43 bits per heavy atom. The van der Waals surface area contributed by atoms with E-state index >= 15 is 0 Å². The van der Waals surface area contributed by atoms with Crippen LogP contribution in [0.2, 0.25) is 0 Å². The molecule has 0 radical (unpaired) electrons. The summed E-state index contributed by atoms with van der Waals surface area (Å²) in [6, 6.07) is 0. The topological polar surface area (TPSA) is 47.4 Å². The van der Waals surface area contributed by atoms with Crippen LogP contribution >= 0.6 is 0 Å². The number of amides is 1. The summed E-state index contributed by atoms with van der Waals surface area (Å²) in [5.74, 6) is 0.222. The van der Waals surface area contributed by atoms with Gasteiger partial charge in [0.1, 0.15) is 0 Å². The first-order valence-electron chi connectivity index (χ1n) is 7.88. The number of hydrogen-bond acceptors (Lipinski definition) is 3. The number of ether oxygens (including phenoxy) is 1. The van der Waals surface area contributed by atoms with Crippen LogP contribution in [0, 0.1) is 13.8 Å². The molecule has 1 aliphatic heterocycles. The summed E-state index contributed by atoms with van der Waals surface area (Å²) in [5.41, 5.74) is 3.46. The largest absolute Gasteiger partial charge is 0.372 e. The molecular formula is C16H27N3O2.